The molecule has 20 heavy (non-hydrogen) atoms. The molecule has 5 nitrogen and oxygen atoms in total. The first-order chi connectivity index (χ1) is 9.45. The summed E-state index contributed by atoms with van der Waals surface area (Å²) in [5.41, 5.74) is 1.03. The summed E-state index contributed by atoms with van der Waals surface area (Å²) >= 11 is 0. The molecule has 1 N–H and O–H groups in total. The van der Waals surface area contributed by atoms with Crippen molar-refractivity contribution in [2.75, 3.05) is 45.6 Å². The molecular formula is C15H27N5. The number of nitrogens with one attached hydrogen (secondary N) is 1. The Balaban J connectivity index is 1.99. The highest BCUT2D eigenvalue weighted by Crippen LogP contribution is 2.14. The molecule has 0 saturated carbocycles. The lowest BCUT2D eigenvalue weighted by molar-refractivity contribution is 0.122. The molecule has 112 valence electrons. The summed E-state index contributed by atoms with van der Waals surface area (Å²) < 4.78 is 0. The second kappa shape index (κ2) is 6.50. The van der Waals surface area contributed by atoms with Crippen LogP contribution >= 0.6 is 0 Å². The third-order valence-corrected chi connectivity index (χ3v) is 3.89. The van der Waals surface area contributed by atoms with E-state index < -0.39 is 0 Å². The number of hydrogen-bond acceptors (Lipinski definition) is 5. The molecule has 1 atom stereocenters. The van der Waals surface area contributed by atoms with Crippen molar-refractivity contribution in [3.8, 4) is 0 Å². The first kappa shape index (κ1) is 15.2. The second-order valence-electron chi connectivity index (χ2n) is 6.19. The average molecular weight is 277 g/mol. The molecule has 1 unspecified atom stereocenters. The highest BCUT2D eigenvalue weighted by molar-refractivity contribution is 5.36. The average Bonchev–Trinajstić information content (AvgIpc) is 2.39. The fourth-order valence-electron chi connectivity index (χ4n) is 2.48. The number of piperazine rings is 1. The lowest BCUT2D eigenvalue weighted by atomic mass is 10.2. The number of likely N-dealkylation sites (N-methyl/N-ethyl adjacent to an activating group) is 2. The Labute approximate surface area is 122 Å². The Kier molecular flexibility index (Phi) is 4.94. The van der Waals surface area contributed by atoms with E-state index in [0.717, 1.165) is 43.5 Å². The van der Waals surface area contributed by atoms with E-state index in [1.54, 1.807) is 0 Å². The Morgan fingerprint density at radius 1 is 1.30 bits per heavy atom. The fourth-order valence-corrected chi connectivity index (χ4v) is 2.48. The van der Waals surface area contributed by atoms with Crippen LogP contribution in [0.25, 0.3) is 0 Å². The van der Waals surface area contributed by atoms with Crippen molar-refractivity contribution >= 4 is 5.82 Å². The van der Waals surface area contributed by atoms with Crippen molar-refractivity contribution in [3.05, 3.63) is 17.6 Å². The molecule has 0 radical (unpaired) electrons. The van der Waals surface area contributed by atoms with E-state index in [-0.39, 0.29) is 0 Å². The normalized spacial score (nSPS) is 21.4. The van der Waals surface area contributed by atoms with Gasteiger partial charge in [-0.05, 0) is 21.0 Å². The van der Waals surface area contributed by atoms with Gasteiger partial charge in [0.2, 0.25) is 0 Å². The third-order valence-electron chi connectivity index (χ3n) is 3.89. The van der Waals surface area contributed by atoms with E-state index in [4.69, 9.17) is 0 Å². The van der Waals surface area contributed by atoms with E-state index in [0.29, 0.717) is 12.0 Å². The summed E-state index contributed by atoms with van der Waals surface area (Å²) in [4.78, 5) is 13.9. The van der Waals surface area contributed by atoms with Crippen molar-refractivity contribution < 1.29 is 0 Å². The molecule has 1 aliphatic rings. The minimum atomic E-state index is 0.360. The van der Waals surface area contributed by atoms with Crippen molar-refractivity contribution in [1.29, 1.82) is 0 Å². The molecule has 1 saturated heterocycles. The molecule has 1 fully saturated rings. The smallest absolute Gasteiger partial charge is 0.133 e. The lowest BCUT2D eigenvalue weighted by Crippen LogP contribution is -2.52. The maximum Gasteiger partial charge on any atom is 0.133 e. The van der Waals surface area contributed by atoms with Crippen LogP contribution in [0.3, 0.4) is 0 Å². The molecule has 0 aromatic carbocycles. The molecule has 0 amide bonds. The standard InChI is InChI=1S/C15H27N5/c1-11(2)15-17-12(3)8-14(18-15)16-9-13-10-19(4)6-7-20(13)5/h8,11,13H,6-7,9-10H2,1-5H3,(H,16,17,18). The van der Waals surface area contributed by atoms with Crippen LogP contribution in [0.15, 0.2) is 6.07 Å². The van der Waals surface area contributed by atoms with Crippen molar-refractivity contribution in [2.45, 2.75) is 32.7 Å². The van der Waals surface area contributed by atoms with Crippen LogP contribution in [-0.2, 0) is 0 Å². The lowest BCUT2D eigenvalue weighted by Gasteiger charge is -2.37. The minimum Gasteiger partial charge on any atom is -0.368 e. The molecule has 1 aromatic rings. The van der Waals surface area contributed by atoms with Gasteiger partial charge in [0.1, 0.15) is 11.6 Å². The summed E-state index contributed by atoms with van der Waals surface area (Å²) in [6.45, 7) is 10.6. The molecule has 1 aromatic heterocycles. The van der Waals surface area contributed by atoms with Crippen LogP contribution in [0.1, 0.15) is 31.3 Å². The molecule has 0 aliphatic carbocycles. The zero-order valence-electron chi connectivity index (χ0n) is 13.3. The summed E-state index contributed by atoms with van der Waals surface area (Å²) in [5.74, 6) is 2.23. The van der Waals surface area contributed by atoms with E-state index in [1.165, 1.54) is 0 Å². The Hall–Kier alpha value is -1.20. The number of aryl methyl sites for hydroxylation is 1. The van der Waals surface area contributed by atoms with Crippen molar-refractivity contribution in [2.24, 2.45) is 0 Å². The van der Waals surface area contributed by atoms with Gasteiger partial charge in [0.15, 0.2) is 0 Å². The van der Waals surface area contributed by atoms with Gasteiger partial charge in [-0.2, -0.15) is 0 Å². The highest BCUT2D eigenvalue weighted by atomic mass is 15.3. The van der Waals surface area contributed by atoms with E-state index in [9.17, 15) is 0 Å². The molecule has 1 aliphatic heterocycles. The van der Waals surface area contributed by atoms with Gasteiger partial charge in [-0.25, -0.2) is 9.97 Å². The first-order valence-corrected chi connectivity index (χ1v) is 7.44. The molecule has 2 heterocycles. The third kappa shape index (κ3) is 3.90. The molecule has 0 spiro atoms. The summed E-state index contributed by atoms with van der Waals surface area (Å²) in [6.07, 6.45) is 0. The Bertz CT molecular complexity index is 446. The monoisotopic (exact) mass is 277 g/mol. The summed E-state index contributed by atoms with van der Waals surface area (Å²) in [5, 5.41) is 3.48. The van der Waals surface area contributed by atoms with Crippen LogP contribution in [0.4, 0.5) is 5.82 Å². The van der Waals surface area contributed by atoms with Gasteiger partial charge in [-0.3, -0.25) is 4.90 Å². The van der Waals surface area contributed by atoms with E-state index >= 15 is 0 Å². The first-order valence-electron chi connectivity index (χ1n) is 7.44. The molecule has 2 rings (SSSR count). The predicted molar refractivity (Wildman–Crippen MR) is 83.3 cm³/mol. The fraction of sp³-hybridized carbons (Fsp3) is 0.733. The number of anilines is 1. The topological polar surface area (TPSA) is 44.3 Å². The predicted octanol–water partition coefficient (Wildman–Crippen LogP) is 1.57. The van der Waals surface area contributed by atoms with E-state index in [1.807, 2.05) is 13.0 Å². The van der Waals surface area contributed by atoms with Crippen LogP contribution < -0.4 is 5.32 Å². The molecule has 5 heteroatoms. The van der Waals surface area contributed by atoms with E-state index in [2.05, 4.69) is 53.0 Å². The van der Waals surface area contributed by atoms with Gasteiger partial charge >= 0.3 is 0 Å². The number of aromatic nitrogens is 2. The number of rotatable bonds is 4. The Morgan fingerprint density at radius 2 is 2.05 bits per heavy atom. The van der Waals surface area contributed by atoms with Gasteiger partial charge in [0, 0.05) is 49.9 Å². The summed E-state index contributed by atoms with van der Waals surface area (Å²) in [7, 11) is 4.38. The minimum absolute atomic E-state index is 0.360. The van der Waals surface area contributed by atoms with Gasteiger partial charge in [0.05, 0.1) is 0 Å². The van der Waals surface area contributed by atoms with Gasteiger partial charge < -0.3 is 10.2 Å². The maximum absolute atomic E-state index is 4.61. The largest absolute Gasteiger partial charge is 0.368 e. The zero-order valence-corrected chi connectivity index (χ0v) is 13.3. The van der Waals surface area contributed by atoms with Gasteiger partial charge in [-0.15, -0.1) is 0 Å². The molecular weight excluding hydrogens is 250 g/mol. The zero-order chi connectivity index (χ0) is 14.7. The highest BCUT2D eigenvalue weighted by Gasteiger charge is 2.21. The second-order valence-corrected chi connectivity index (χ2v) is 6.19. The van der Waals surface area contributed by atoms with Crippen LogP contribution in [-0.4, -0.2) is 66.1 Å². The molecule has 0 bridgehead atoms. The SMILES string of the molecule is Cc1cc(NCC2CN(C)CCN2C)nc(C(C)C)n1. The van der Waals surface area contributed by atoms with Crippen molar-refractivity contribution in [3.63, 3.8) is 0 Å². The quantitative estimate of drug-likeness (QED) is 0.905. The Morgan fingerprint density at radius 3 is 2.75 bits per heavy atom. The summed E-state index contributed by atoms with van der Waals surface area (Å²) in [6, 6.07) is 2.56. The van der Waals surface area contributed by atoms with Crippen LogP contribution in [0, 0.1) is 6.92 Å². The van der Waals surface area contributed by atoms with Gasteiger partial charge in [0.25, 0.3) is 0 Å². The van der Waals surface area contributed by atoms with Gasteiger partial charge in [-0.1, -0.05) is 13.8 Å². The van der Waals surface area contributed by atoms with Crippen molar-refractivity contribution in [1.82, 2.24) is 19.8 Å². The number of hydrogen-bond donors (Lipinski definition) is 1. The number of nitrogens with zero attached hydrogens (tertiary/aromatic N) is 4. The van der Waals surface area contributed by atoms with Crippen LogP contribution in [0.5, 0.6) is 0 Å². The maximum atomic E-state index is 4.61. The van der Waals surface area contributed by atoms with Crippen LogP contribution in [0.2, 0.25) is 0 Å².